The lowest BCUT2D eigenvalue weighted by Gasteiger charge is -2.13. The second-order valence-corrected chi connectivity index (χ2v) is 5.34. The van der Waals surface area contributed by atoms with Gasteiger partial charge in [-0.2, -0.15) is 0 Å². The molecular weight excluding hydrogens is 254 g/mol. The average molecular weight is 271 g/mol. The van der Waals surface area contributed by atoms with Crippen LogP contribution in [-0.2, 0) is 0 Å². The molecule has 1 N–H and O–H groups in total. The first-order valence-corrected chi connectivity index (χ1v) is 7.00. The number of anilines is 1. The van der Waals surface area contributed by atoms with Crippen molar-refractivity contribution in [3.63, 3.8) is 0 Å². The first kappa shape index (κ1) is 12.8. The fraction of sp³-hybridized carbons (Fsp3) is 0.400. The van der Waals surface area contributed by atoms with E-state index in [0.29, 0.717) is 5.39 Å². The molecule has 20 heavy (non-hydrogen) atoms. The number of non-ortho nitro benzene ring substituents is 1. The Morgan fingerprint density at radius 1 is 1.25 bits per heavy atom. The van der Waals surface area contributed by atoms with Gasteiger partial charge >= 0.3 is 0 Å². The van der Waals surface area contributed by atoms with Gasteiger partial charge in [0.1, 0.15) is 0 Å². The van der Waals surface area contributed by atoms with Crippen LogP contribution < -0.4 is 5.32 Å². The van der Waals surface area contributed by atoms with Crippen LogP contribution in [-0.4, -0.2) is 16.5 Å². The lowest BCUT2D eigenvalue weighted by molar-refractivity contribution is -0.383. The van der Waals surface area contributed by atoms with E-state index in [0.717, 1.165) is 23.5 Å². The first-order chi connectivity index (χ1) is 9.75. The highest BCUT2D eigenvalue weighted by molar-refractivity contribution is 5.99. The van der Waals surface area contributed by atoms with E-state index in [9.17, 15) is 10.1 Å². The van der Waals surface area contributed by atoms with Crippen molar-refractivity contribution in [2.24, 2.45) is 5.92 Å². The third-order valence-electron chi connectivity index (χ3n) is 4.05. The molecule has 0 radical (unpaired) electrons. The third kappa shape index (κ3) is 2.43. The largest absolute Gasteiger partial charge is 0.384 e. The van der Waals surface area contributed by atoms with Gasteiger partial charge < -0.3 is 5.32 Å². The number of nitrogens with zero attached hydrogens (tertiary/aromatic N) is 2. The van der Waals surface area contributed by atoms with Crippen LogP contribution in [0.15, 0.2) is 30.6 Å². The summed E-state index contributed by atoms with van der Waals surface area (Å²) < 4.78 is 0. The van der Waals surface area contributed by atoms with Gasteiger partial charge in [0.05, 0.1) is 10.3 Å². The van der Waals surface area contributed by atoms with Crippen LogP contribution in [0, 0.1) is 16.0 Å². The van der Waals surface area contributed by atoms with Gasteiger partial charge in [-0.3, -0.25) is 15.1 Å². The van der Waals surface area contributed by atoms with Gasteiger partial charge in [0.15, 0.2) is 0 Å². The molecule has 5 nitrogen and oxygen atoms in total. The summed E-state index contributed by atoms with van der Waals surface area (Å²) in [7, 11) is 0. The predicted molar refractivity (Wildman–Crippen MR) is 78.8 cm³/mol. The van der Waals surface area contributed by atoms with E-state index < -0.39 is 0 Å². The summed E-state index contributed by atoms with van der Waals surface area (Å²) in [6.45, 7) is 0.932. The molecule has 1 aromatic heterocycles. The summed E-state index contributed by atoms with van der Waals surface area (Å²) in [5.41, 5.74) is 1.07. The SMILES string of the molecule is O=[N+]([O-])c1ccc(NCC2CCCC2)c2cnccc12. The molecule has 0 unspecified atom stereocenters. The van der Waals surface area contributed by atoms with Crippen molar-refractivity contribution in [3.05, 3.63) is 40.7 Å². The molecule has 0 spiro atoms. The van der Waals surface area contributed by atoms with Crippen molar-refractivity contribution in [2.45, 2.75) is 25.7 Å². The van der Waals surface area contributed by atoms with Gasteiger partial charge in [-0.1, -0.05) is 12.8 Å². The van der Waals surface area contributed by atoms with Crippen molar-refractivity contribution in [1.82, 2.24) is 4.98 Å². The maximum absolute atomic E-state index is 11.1. The molecule has 0 aliphatic heterocycles. The lowest BCUT2D eigenvalue weighted by atomic mass is 10.1. The van der Waals surface area contributed by atoms with E-state index in [2.05, 4.69) is 10.3 Å². The summed E-state index contributed by atoms with van der Waals surface area (Å²) in [5, 5.41) is 16.0. The highest BCUT2D eigenvalue weighted by Gasteiger charge is 2.17. The number of benzene rings is 1. The minimum Gasteiger partial charge on any atom is -0.384 e. The summed E-state index contributed by atoms with van der Waals surface area (Å²) in [6.07, 6.45) is 8.46. The van der Waals surface area contributed by atoms with Crippen LogP contribution in [0.4, 0.5) is 11.4 Å². The van der Waals surface area contributed by atoms with Crippen LogP contribution in [0.3, 0.4) is 0 Å². The van der Waals surface area contributed by atoms with Crippen LogP contribution in [0.2, 0.25) is 0 Å². The smallest absolute Gasteiger partial charge is 0.277 e. The highest BCUT2D eigenvalue weighted by Crippen LogP contribution is 2.31. The summed E-state index contributed by atoms with van der Waals surface area (Å²) >= 11 is 0. The summed E-state index contributed by atoms with van der Waals surface area (Å²) in [6, 6.07) is 5.06. The van der Waals surface area contributed by atoms with Gasteiger partial charge in [-0.15, -0.1) is 0 Å². The molecule has 1 heterocycles. The quantitative estimate of drug-likeness (QED) is 0.679. The fourth-order valence-electron chi connectivity index (χ4n) is 2.96. The van der Waals surface area contributed by atoms with E-state index in [1.165, 1.54) is 25.7 Å². The van der Waals surface area contributed by atoms with E-state index in [1.54, 1.807) is 30.6 Å². The van der Waals surface area contributed by atoms with E-state index in [1.807, 2.05) is 0 Å². The molecule has 0 bridgehead atoms. The molecule has 1 aliphatic carbocycles. The number of rotatable bonds is 4. The number of pyridine rings is 1. The van der Waals surface area contributed by atoms with E-state index in [-0.39, 0.29) is 10.6 Å². The second kappa shape index (κ2) is 5.45. The number of aromatic nitrogens is 1. The monoisotopic (exact) mass is 271 g/mol. The molecule has 1 fully saturated rings. The Bertz CT molecular complexity index is 636. The van der Waals surface area contributed by atoms with Gasteiger partial charge in [-0.05, 0) is 30.9 Å². The number of nitrogens with one attached hydrogen (secondary N) is 1. The number of nitro groups is 1. The zero-order valence-electron chi connectivity index (χ0n) is 11.2. The Hall–Kier alpha value is -2.17. The van der Waals surface area contributed by atoms with Crippen molar-refractivity contribution >= 4 is 22.1 Å². The van der Waals surface area contributed by atoms with Gasteiger partial charge in [-0.25, -0.2) is 0 Å². The number of hydrogen-bond donors (Lipinski definition) is 1. The molecule has 5 heteroatoms. The maximum Gasteiger partial charge on any atom is 0.277 e. The van der Waals surface area contributed by atoms with E-state index >= 15 is 0 Å². The van der Waals surface area contributed by atoms with Crippen LogP contribution >= 0.6 is 0 Å². The third-order valence-corrected chi connectivity index (χ3v) is 4.05. The van der Waals surface area contributed by atoms with Gasteiger partial charge in [0, 0.05) is 36.1 Å². The maximum atomic E-state index is 11.1. The predicted octanol–water partition coefficient (Wildman–Crippen LogP) is 3.75. The molecule has 0 atom stereocenters. The molecule has 104 valence electrons. The Kier molecular flexibility index (Phi) is 3.50. The van der Waals surface area contributed by atoms with Crippen molar-refractivity contribution in [1.29, 1.82) is 0 Å². The molecule has 0 saturated heterocycles. The number of nitro benzene ring substituents is 1. The summed E-state index contributed by atoms with van der Waals surface area (Å²) in [4.78, 5) is 14.8. The zero-order valence-corrected chi connectivity index (χ0v) is 11.2. The van der Waals surface area contributed by atoms with E-state index in [4.69, 9.17) is 0 Å². The van der Waals surface area contributed by atoms with Crippen LogP contribution in [0.1, 0.15) is 25.7 Å². The second-order valence-electron chi connectivity index (χ2n) is 5.34. The molecular formula is C15H17N3O2. The molecule has 2 aromatic rings. The average Bonchev–Trinajstić information content (AvgIpc) is 2.97. The normalized spacial score (nSPS) is 15.6. The van der Waals surface area contributed by atoms with Gasteiger partial charge in [0.2, 0.25) is 0 Å². The molecule has 1 aromatic carbocycles. The molecule has 3 rings (SSSR count). The van der Waals surface area contributed by atoms with Crippen molar-refractivity contribution in [2.75, 3.05) is 11.9 Å². The minimum absolute atomic E-state index is 0.133. The molecule has 1 saturated carbocycles. The summed E-state index contributed by atoms with van der Waals surface area (Å²) in [5.74, 6) is 0.719. The topological polar surface area (TPSA) is 68.1 Å². The van der Waals surface area contributed by atoms with Crippen LogP contribution in [0.25, 0.3) is 10.8 Å². The lowest BCUT2D eigenvalue weighted by Crippen LogP contribution is -2.11. The zero-order chi connectivity index (χ0) is 13.9. The minimum atomic E-state index is -0.344. The molecule has 0 amide bonds. The highest BCUT2D eigenvalue weighted by atomic mass is 16.6. The van der Waals surface area contributed by atoms with Crippen molar-refractivity contribution < 1.29 is 4.92 Å². The fourth-order valence-corrected chi connectivity index (χ4v) is 2.96. The standard InChI is InChI=1S/C15H17N3O2/c19-18(20)15-6-5-14(13-10-16-8-7-12(13)15)17-9-11-3-1-2-4-11/h5-8,10-11,17H,1-4,9H2. The Morgan fingerprint density at radius 2 is 2.05 bits per heavy atom. The Labute approximate surface area is 117 Å². The van der Waals surface area contributed by atoms with Gasteiger partial charge in [0.25, 0.3) is 5.69 Å². The number of hydrogen-bond acceptors (Lipinski definition) is 4. The first-order valence-electron chi connectivity index (χ1n) is 7.00. The molecule has 1 aliphatic rings. The Morgan fingerprint density at radius 3 is 2.80 bits per heavy atom. The van der Waals surface area contributed by atoms with Crippen LogP contribution in [0.5, 0.6) is 0 Å². The number of fused-ring (bicyclic) bond motifs is 1. The Balaban J connectivity index is 1.91. The van der Waals surface area contributed by atoms with Crippen molar-refractivity contribution in [3.8, 4) is 0 Å².